The largest absolute Gasteiger partial charge is 0.494 e. The lowest BCUT2D eigenvalue weighted by atomic mass is 9.91. The van der Waals surface area contributed by atoms with Crippen LogP contribution in [0.1, 0.15) is 25.0 Å². The molecule has 0 saturated carbocycles. The molecule has 4 N–H and O–H groups in total. The Bertz CT molecular complexity index is 1220. The number of nitrogens with zero attached hydrogens (tertiary/aromatic N) is 4. The van der Waals surface area contributed by atoms with E-state index in [1.807, 2.05) is 11.0 Å². The van der Waals surface area contributed by atoms with Crippen LogP contribution in [0.25, 0.3) is 0 Å². The lowest BCUT2D eigenvalue weighted by Crippen LogP contribution is -2.53. The Morgan fingerprint density at radius 1 is 0.763 bits per heavy atom. The van der Waals surface area contributed by atoms with Gasteiger partial charge in [0.25, 0.3) is 11.8 Å². The highest BCUT2D eigenvalue weighted by atomic mass is 19.1. The van der Waals surface area contributed by atoms with Crippen LogP contribution in [0.2, 0.25) is 0 Å². The zero-order valence-corrected chi connectivity index (χ0v) is 21.5. The van der Waals surface area contributed by atoms with E-state index >= 15 is 0 Å². The summed E-state index contributed by atoms with van der Waals surface area (Å²) >= 11 is 0. The van der Waals surface area contributed by atoms with E-state index in [0.717, 1.165) is 10.0 Å². The average molecular weight is 535 g/mol. The van der Waals surface area contributed by atoms with Gasteiger partial charge < -0.3 is 19.9 Å². The second kappa shape index (κ2) is 10.8. The van der Waals surface area contributed by atoms with Crippen LogP contribution in [-0.4, -0.2) is 83.1 Å². The topological polar surface area (TPSA) is 148 Å². The van der Waals surface area contributed by atoms with Gasteiger partial charge in [-0.3, -0.25) is 9.59 Å². The number of hydrazone groups is 2. The summed E-state index contributed by atoms with van der Waals surface area (Å²) < 4.78 is 37.0. The Hall–Kier alpha value is -3.98. The van der Waals surface area contributed by atoms with Crippen LogP contribution in [0.15, 0.2) is 46.6 Å². The number of carbonyl (C=O) groups excluding carboxylic acids is 2. The van der Waals surface area contributed by atoms with Crippen molar-refractivity contribution < 1.29 is 38.3 Å². The SMILES string of the molecule is COc1ccc(C2=NN(C)C(=O)C2(C)NO)cc1F.COc1ccc(C2=NN(C)C(=O)C2(C)NO)cc1F. The zero-order valence-electron chi connectivity index (χ0n) is 21.5. The van der Waals surface area contributed by atoms with Gasteiger partial charge >= 0.3 is 0 Å². The molecular weight excluding hydrogens is 506 g/mol. The number of hydrogen-bond donors (Lipinski definition) is 4. The lowest BCUT2D eigenvalue weighted by Gasteiger charge is -2.21. The standard InChI is InChI=1S/2C12H14FN3O3/c2*1-12(15-18)10(14-16(2)11(12)17)7-4-5-9(19-3)8(13)6-7/h2*4-6,15,18H,1-3H3. The van der Waals surface area contributed by atoms with Crippen LogP contribution in [0.5, 0.6) is 11.5 Å². The maximum absolute atomic E-state index is 13.7. The number of halogens is 2. The van der Waals surface area contributed by atoms with Gasteiger partial charge in [-0.25, -0.2) is 18.8 Å². The summed E-state index contributed by atoms with van der Waals surface area (Å²) in [7, 11) is 5.65. The summed E-state index contributed by atoms with van der Waals surface area (Å²) in [5, 5.41) is 28.7. The van der Waals surface area contributed by atoms with Gasteiger partial charge in [0.05, 0.1) is 14.2 Å². The average Bonchev–Trinajstić information content (AvgIpc) is 3.28. The smallest absolute Gasteiger partial charge is 0.270 e. The summed E-state index contributed by atoms with van der Waals surface area (Å²) in [6.07, 6.45) is 0. The molecule has 0 saturated heterocycles. The number of methoxy groups -OCH3 is 2. The van der Waals surface area contributed by atoms with Crippen molar-refractivity contribution >= 4 is 23.2 Å². The number of amides is 2. The molecule has 2 aliphatic heterocycles. The van der Waals surface area contributed by atoms with Crippen molar-refractivity contribution in [2.45, 2.75) is 24.9 Å². The van der Waals surface area contributed by atoms with Crippen LogP contribution in [-0.2, 0) is 9.59 Å². The number of rotatable bonds is 6. The molecule has 12 nitrogen and oxygen atoms in total. The van der Waals surface area contributed by atoms with Crippen LogP contribution >= 0.6 is 0 Å². The summed E-state index contributed by atoms with van der Waals surface area (Å²) in [6.45, 7) is 2.94. The Kier molecular flexibility index (Phi) is 8.12. The Labute approximate surface area is 217 Å². The molecule has 2 amide bonds. The number of benzene rings is 2. The normalized spacial score (nSPS) is 22.7. The molecule has 0 spiro atoms. The van der Waals surface area contributed by atoms with Gasteiger partial charge in [0.2, 0.25) is 0 Å². The maximum Gasteiger partial charge on any atom is 0.270 e. The van der Waals surface area contributed by atoms with E-state index in [2.05, 4.69) is 10.2 Å². The first-order valence-electron chi connectivity index (χ1n) is 11.1. The number of hydroxylamine groups is 2. The molecule has 2 unspecified atom stereocenters. The van der Waals surface area contributed by atoms with E-state index in [4.69, 9.17) is 9.47 Å². The predicted octanol–water partition coefficient (Wildman–Crippen LogP) is 1.50. The quantitative estimate of drug-likeness (QED) is 0.408. The lowest BCUT2D eigenvalue weighted by molar-refractivity contribution is -0.135. The maximum atomic E-state index is 13.7. The van der Waals surface area contributed by atoms with Crippen LogP contribution in [0.3, 0.4) is 0 Å². The molecule has 2 aliphatic rings. The minimum Gasteiger partial charge on any atom is -0.494 e. The predicted molar refractivity (Wildman–Crippen MR) is 131 cm³/mol. The minimum absolute atomic E-state index is 0.0979. The third-order valence-corrected chi connectivity index (χ3v) is 6.19. The van der Waals surface area contributed by atoms with E-state index in [1.165, 1.54) is 66.4 Å². The molecule has 0 fully saturated rings. The molecule has 0 aliphatic carbocycles. The first-order valence-corrected chi connectivity index (χ1v) is 11.1. The number of carbonyl (C=O) groups is 2. The third-order valence-electron chi connectivity index (χ3n) is 6.19. The van der Waals surface area contributed by atoms with Crippen molar-refractivity contribution in [3.8, 4) is 11.5 Å². The first kappa shape index (κ1) is 28.6. The molecule has 0 radical (unpaired) electrons. The van der Waals surface area contributed by atoms with Crippen LogP contribution in [0, 0.1) is 11.6 Å². The summed E-state index contributed by atoms with van der Waals surface area (Å²) in [4.78, 5) is 23.8. The zero-order chi connectivity index (χ0) is 28.4. The fourth-order valence-electron chi connectivity index (χ4n) is 3.96. The molecule has 4 rings (SSSR count). The van der Waals surface area contributed by atoms with Gasteiger partial charge in [-0.1, -0.05) is 0 Å². The Morgan fingerprint density at radius 3 is 1.37 bits per heavy atom. The number of ether oxygens (including phenoxy) is 2. The molecule has 2 aromatic carbocycles. The van der Waals surface area contributed by atoms with Gasteiger partial charge in [-0.05, 0) is 50.2 Å². The summed E-state index contributed by atoms with van der Waals surface area (Å²) in [5.74, 6) is -1.79. The molecule has 204 valence electrons. The van der Waals surface area contributed by atoms with Gasteiger partial charge in [0.15, 0.2) is 34.2 Å². The Balaban J connectivity index is 0.000000211. The molecule has 2 aromatic rings. The van der Waals surface area contributed by atoms with Gasteiger partial charge in [-0.15, -0.1) is 0 Å². The van der Waals surface area contributed by atoms with Crippen molar-refractivity contribution in [2.24, 2.45) is 10.2 Å². The van der Waals surface area contributed by atoms with E-state index < -0.39 is 34.5 Å². The third kappa shape index (κ3) is 4.81. The van der Waals surface area contributed by atoms with Crippen LogP contribution in [0.4, 0.5) is 8.78 Å². The highest BCUT2D eigenvalue weighted by Crippen LogP contribution is 2.27. The van der Waals surface area contributed by atoms with E-state index in [0.29, 0.717) is 11.1 Å². The second-order valence-electron chi connectivity index (χ2n) is 8.73. The van der Waals surface area contributed by atoms with Gasteiger partial charge in [-0.2, -0.15) is 21.2 Å². The molecule has 38 heavy (non-hydrogen) atoms. The van der Waals surface area contributed by atoms with Crippen molar-refractivity contribution in [3.05, 3.63) is 59.2 Å². The fraction of sp³-hybridized carbons (Fsp3) is 0.333. The highest BCUT2D eigenvalue weighted by molar-refractivity contribution is 6.23. The minimum atomic E-state index is -1.39. The second-order valence-corrected chi connectivity index (χ2v) is 8.73. The van der Waals surface area contributed by atoms with E-state index in [-0.39, 0.29) is 22.9 Å². The molecule has 2 atom stereocenters. The molecular formula is C24H28F2N6O6. The highest BCUT2D eigenvalue weighted by Gasteiger charge is 2.47. The summed E-state index contributed by atoms with van der Waals surface area (Å²) in [5.41, 5.74) is 2.35. The van der Waals surface area contributed by atoms with Gasteiger partial charge in [0, 0.05) is 25.2 Å². The molecule has 0 aromatic heterocycles. The number of hydrogen-bond acceptors (Lipinski definition) is 10. The van der Waals surface area contributed by atoms with E-state index in [1.54, 1.807) is 12.1 Å². The van der Waals surface area contributed by atoms with Crippen molar-refractivity contribution in [3.63, 3.8) is 0 Å². The summed E-state index contributed by atoms with van der Waals surface area (Å²) in [6, 6.07) is 8.44. The number of nitrogens with one attached hydrogen (secondary N) is 2. The van der Waals surface area contributed by atoms with Crippen molar-refractivity contribution in [1.82, 2.24) is 21.0 Å². The van der Waals surface area contributed by atoms with Gasteiger partial charge in [0.1, 0.15) is 11.4 Å². The first-order chi connectivity index (χ1) is 17.9. The monoisotopic (exact) mass is 534 g/mol. The van der Waals surface area contributed by atoms with Crippen molar-refractivity contribution in [2.75, 3.05) is 28.3 Å². The van der Waals surface area contributed by atoms with Crippen molar-refractivity contribution in [1.29, 1.82) is 0 Å². The van der Waals surface area contributed by atoms with E-state index in [9.17, 15) is 28.8 Å². The Morgan fingerprint density at radius 2 is 1.11 bits per heavy atom. The molecule has 14 heteroatoms. The molecule has 2 heterocycles. The fourth-order valence-corrected chi connectivity index (χ4v) is 3.96. The molecule has 0 bridgehead atoms. The number of likely N-dealkylation sites (N-methyl/N-ethyl adjacent to an activating group) is 2. The van der Waals surface area contributed by atoms with Crippen LogP contribution < -0.4 is 20.4 Å².